The van der Waals surface area contributed by atoms with Crippen LogP contribution in [0.15, 0.2) is 12.3 Å². The van der Waals surface area contributed by atoms with Crippen LogP contribution in [0.1, 0.15) is 35.0 Å². The number of hydrogen-bond donors (Lipinski definition) is 2. The van der Waals surface area contributed by atoms with Gasteiger partial charge in [0.2, 0.25) is 5.91 Å². The maximum atomic E-state index is 12.7. The van der Waals surface area contributed by atoms with Crippen LogP contribution in [0.5, 0.6) is 0 Å². The standard InChI is InChI=1S/C21H32F3N5O4/c1-14(5-8-27-20(32)21(22,23)24)33-19(31)17-6-9-26-15(2)16(17)7-10-29(18(30)13-25)12-11-28(3)4/h6,9,14H,5,7-8,10-13,25H2,1-4H3,(H,27,32). The third kappa shape index (κ3) is 9.74. The van der Waals surface area contributed by atoms with E-state index in [-0.39, 0.29) is 31.0 Å². The van der Waals surface area contributed by atoms with Crippen molar-refractivity contribution in [2.24, 2.45) is 5.73 Å². The van der Waals surface area contributed by atoms with E-state index < -0.39 is 24.2 Å². The first-order valence-corrected chi connectivity index (χ1v) is 10.5. The molecule has 33 heavy (non-hydrogen) atoms. The number of rotatable bonds is 12. The van der Waals surface area contributed by atoms with Crippen molar-refractivity contribution in [1.82, 2.24) is 20.1 Å². The Balaban J connectivity index is 2.80. The Hall–Kier alpha value is -2.73. The summed E-state index contributed by atoms with van der Waals surface area (Å²) in [6.45, 7) is 4.28. The van der Waals surface area contributed by atoms with Gasteiger partial charge in [0.25, 0.3) is 0 Å². The summed E-state index contributed by atoms with van der Waals surface area (Å²) >= 11 is 0. The predicted molar refractivity (Wildman–Crippen MR) is 115 cm³/mol. The van der Waals surface area contributed by atoms with Gasteiger partial charge in [0, 0.05) is 44.5 Å². The van der Waals surface area contributed by atoms with Crippen LogP contribution in [0.25, 0.3) is 0 Å². The van der Waals surface area contributed by atoms with E-state index in [0.717, 1.165) is 0 Å². The quantitative estimate of drug-likeness (QED) is 0.431. The highest BCUT2D eigenvalue weighted by molar-refractivity contribution is 5.91. The summed E-state index contributed by atoms with van der Waals surface area (Å²) < 4.78 is 42.1. The van der Waals surface area contributed by atoms with Crippen molar-refractivity contribution in [2.45, 2.75) is 39.0 Å². The van der Waals surface area contributed by atoms with Crippen molar-refractivity contribution in [1.29, 1.82) is 0 Å². The Morgan fingerprint density at radius 3 is 2.45 bits per heavy atom. The number of ether oxygens (including phenoxy) is 1. The predicted octanol–water partition coefficient (Wildman–Crippen LogP) is 0.895. The summed E-state index contributed by atoms with van der Waals surface area (Å²) in [6.07, 6.45) is -3.88. The molecule has 1 heterocycles. The van der Waals surface area contributed by atoms with E-state index in [0.29, 0.717) is 37.3 Å². The number of alkyl halides is 3. The molecule has 1 aromatic heterocycles. The molecule has 9 nitrogen and oxygen atoms in total. The van der Waals surface area contributed by atoms with E-state index in [2.05, 4.69) is 4.98 Å². The fourth-order valence-electron chi connectivity index (χ4n) is 2.96. The van der Waals surface area contributed by atoms with Crippen molar-refractivity contribution in [3.63, 3.8) is 0 Å². The number of aromatic nitrogens is 1. The lowest BCUT2D eigenvalue weighted by molar-refractivity contribution is -0.173. The second-order valence-corrected chi connectivity index (χ2v) is 7.82. The SMILES string of the molecule is Cc1nccc(C(=O)OC(C)CCNC(=O)C(F)(F)F)c1CCN(CCN(C)C)C(=O)CN. The van der Waals surface area contributed by atoms with E-state index >= 15 is 0 Å². The van der Waals surface area contributed by atoms with Crippen molar-refractivity contribution in [2.75, 3.05) is 46.8 Å². The third-order valence-electron chi connectivity index (χ3n) is 4.87. The molecule has 0 saturated heterocycles. The number of hydrogen-bond acceptors (Lipinski definition) is 7. The van der Waals surface area contributed by atoms with E-state index in [1.807, 2.05) is 19.0 Å². The zero-order valence-electron chi connectivity index (χ0n) is 19.4. The molecular formula is C21H32F3N5O4. The lowest BCUT2D eigenvalue weighted by Crippen LogP contribution is -2.41. The molecule has 0 aliphatic rings. The number of amides is 2. The Kier molecular flexibility index (Phi) is 11.2. The smallest absolute Gasteiger partial charge is 0.459 e. The Bertz CT molecular complexity index is 818. The van der Waals surface area contributed by atoms with Gasteiger partial charge in [-0.05, 0) is 46.0 Å². The minimum Gasteiger partial charge on any atom is -0.459 e. The zero-order chi connectivity index (χ0) is 25.2. The van der Waals surface area contributed by atoms with Gasteiger partial charge >= 0.3 is 18.1 Å². The molecule has 3 N–H and O–H groups in total. The monoisotopic (exact) mass is 475 g/mol. The van der Waals surface area contributed by atoms with Gasteiger partial charge in [-0.3, -0.25) is 14.6 Å². The number of carbonyl (C=O) groups excluding carboxylic acids is 3. The highest BCUT2D eigenvalue weighted by Gasteiger charge is 2.38. The first-order valence-electron chi connectivity index (χ1n) is 10.5. The molecule has 0 fully saturated rings. The van der Waals surface area contributed by atoms with Crippen LogP contribution in [-0.4, -0.2) is 91.7 Å². The van der Waals surface area contributed by atoms with Crippen molar-refractivity contribution < 1.29 is 32.3 Å². The topological polar surface area (TPSA) is 118 Å². The van der Waals surface area contributed by atoms with E-state index in [9.17, 15) is 27.6 Å². The number of nitrogens with one attached hydrogen (secondary N) is 1. The van der Waals surface area contributed by atoms with E-state index in [1.54, 1.807) is 17.1 Å². The minimum absolute atomic E-state index is 0.0102. The minimum atomic E-state index is -4.96. The molecule has 0 aromatic carbocycles. The number of carbonyl (C=O) groups is 3. The van der Waals surface area contributed by atoms with Gasteiger partial charge in [0.15, 0.2) is 0 Å². The molecule has 0 saturated carbocycles. The molecule has 186 valence electrons. The summed E-state index contributed by atoms with van der Waals surface area (Å²) in [7, 11) is 3.78. The molecular weight excluding hydrogens is 443 g/mol. The van der Waals surface area contributed by atoms with Gasteiger partial charge < -0.3 is 25.6 Å². The summed E-state index contributed by atoms with van der Waals surface area (Å²) in [5.74, 6) is -2.91. The number of pyridine rings is 1. The number of esters is 1. The molecule has 2 amide bonds. The molecule has 12 heteroatoms. The number of likely N-dealkylation sites (N-methyl/N-ethyl adjacent to an activating group) is 1. The van der Waals surface area contributed by atoms with Crippen LogP contribution in [0.3, 0.4) is 0 Å². The highest BCUT2D eigenvalue weighted by atomic mass is 19.4. The fourth-order valence-corrected chi connectivity index (χ4v) is 2.96. The molecule has 0 bridgehead atoms. The van der Waals surface area contributed by atoms with Crippen molar-refractivity contribution in [3.8, 4) is 0 Å². The zero-order valence-corrected chi connectivity index (χ0v) is 19.4. The van der Waals surface area contributed by atoms with E-state index in [4.69, 9.17) is 10.5 Å². The third-order valence-corrected chi connectivity index (χ3v) is 4.87. The molecule has 0 aliphatic carbocycles. The van der Waals surface area contributed by atoms with Crippen LogP contribution in [0.4, 0.5) is 13.2 Å². The van der Waals surface area contributed by atoms with Crippen molar-refractivity contribution >= 4 is 17.8 Å². The number of nitrogens with two attached hydrogens (primary N) is 1. The second kappa shape index (κ2) is 13.1. The molecule has 0 spiro atoms. The molecule has 1 atom stereocenters. The summed E-state index contributed by atoms with van der Waals surface area (Å²) in [4.78, 5) is 43.5. The van der Waals surface area contributed by atoms with Gasteiger partial charge in [-0.1, -0.05) is 0 Å². The molecule has 1 aromatic rings. The van der Waals surface area contributed by atoms with E-state index in [1.165, 1.54) is 19.2 Å². The largest absolute Gasteiger partial charge is 0.471 e. The van der Waals surface area contributed by atoms with Crippen LogP contribution in [-0.2, 0) is 20.7 Å². The van der Waals surface area contributed by atoms with Gasteiger partial charge in [-0.2, -0.15) is 13.2 Å². The summed E-state index contributed by atoms with van der Waals surface area (Å²) in [6, 6.07) is 1.50. The van der Waals surface area contributed by atoms with Gasteiger partial charge in [0.1, 0.15) is 6.10 Å². The second-order valence-electron chi connectivity index (χ2n) is 7.82. The maximum Gasteiger partial charge on any atom is 0.471 e. The Labute approximate surface area is 191 Å². The van der Waals surface area contributed by atoms with Crippen LogP contribution < -0.4 is 11.1 Å². The fraction of sp³-hybridized carbons (Fsp3) is 0.619. The van der Waals surface area contributed by atoms with Gasteiger partial charge in [-0.15, -0.1) is 0 Å². The lowest BCUT2D eigenvalue weighted by Gasteiger charge is -2.24. The first-order chi connectivity index (χ1) is 15.4. The number of nitrogens with zero attached hydrogens (tertiary/aromatic N) is 3. The Morgan fingerprint density at radius 1 is 1.21 bits per heavy atom. The van der Waals surface area contributed by atoms with Crippen molar-refractivity contribution in [3.05, 3.63) is 29.1 Å². The molecule has 0 radical (unpaired) electrons. The highest BCUT2D eigenvalue weighted by Crippen LogP contribution is 2.17. The summed E-state index contributed by atoms with van der Waals surface area (Å²) in [5, 5.41) is 1.74. The number of halogens is 3. The molecule has 1 rings (SSSR count). The van der Waals surface area contributed by atoms with Crippen LogP contribution >= 0.6 is 0 Å². The average Bonchev–Trinajstić information content (AvgIpc) is 2.72. The normalized spacial score (nSPS) is 12.4. The molecule has 0 aliphatic heterocycles. The van der Waals surface area contributed by atoms with Crippen LogP contribution in [0, 0.1) is 6.92 Å². The first kappa shape index (κ1) is 28.3. The van der Waals surface area contributed by atoms with Gasteiger partial charge in [-0.25, -0.2) is 4.79 Å². The average molecular weight is 476 g/mol. The van der Waals surface area contributed by atoms with Crippen LogP contribution in [0.2, 0.25) is 0 Å². The number of aryl methyl sites for hydroxylation is 1. The maximum absolute atomic E-state index is 12.7. The van der Waals surface area contributed by atoms with Gasteiger partial charge in [0.05, 0.1) is 12.1 Å². The summed E-state index contributed by atoms with van der Waals surface area (Å²) in [5.41, 5.74) is 6.99. The lowest BCUT2D eigenvalue weighted by atomic mass is 10.0. The Morgan fingerprint density at radius 2 is 1.88 bits per heavy atom. The molecule has 1 unspecified atom stereocenters.